The predicted molar refractivity (Wildman–Crippen MR) is 86.0 cm³/mol. The fraction of sp³-hybridized carbons (Fsp3) is 0.231. The van der Waals surface area contributed by atoms with Crippen LogP contribution in [0.5, 0.6) is 5.75 Å². The Morgan fingerprint density at radius 2 is 2.27 bits per heavy atom. The highest BCUT2D eigenvalue weighted by molar-refractivity contribution is 8.23. The molecular weight excluding hydrogens is 326 g/mol. The number of benzene rings is 1. The van der Waals surface area contributed by atoms with Crippen molar-refractivity contribution in [2.24, 2.45) is 0 Å². The van der Waals surface area contributed by atoms with Gasteiger partial charge in [-0.1, -0.05) is 24.0 Å². The van der Waals surface area contributed by atoms with Crippen LogP contribution in [-0.2, 0) is 14.4 Å². The van der Waals surface area contributed by atoms with Gasteiger partial charge in [0.1, 0.15) is 16.6 Å². The molecule has 2 heterocycles. The quantitative estimate of drug-likeness (QED) is 0.794. The number of thiocarbonyl (C=S) groups is 1. The Morgan fingerprint density at radius 3 is 3.00 bits per heavy atom. The normalized spacial score (nSPS) is 16.9. The number of fused-ring (bicyclic) bond motifs is 1. The number of rotatable bonds is 3. The van der Waals surface area contributed by atoms with E-state index < -0.39 is 0 Å². The van der Waals surface area contributed by atoms with E-state index in [1.54, 1.807) is 18.2 Å². The molecule has 1 saturated heterocycles. The number of carbonyl (C=O) groups is 3. The van der Waals surface area contributed by atoms with Crippen LogP contribution in [0.15, 0.2) is 18.2 Å². The molecule has 1 aromatic rings. The van der Waals surface area contributed by atoms with Crippen molar-refractivity contribution in [2.75, 3.05) is 29.5 Å². The first kappa shape index (κ1) is 14.8. The lowest BCUT2D eigenvalue weighted by Gasteiger charge is -2.19. The molecular formula is C13H11N3O4S2. The number of hydrogen-bond donors (Lipinski definition) is 2. The molecule has 22 heavy (non-hydrogen) atoms. The molecule has 2 aliphatic rings. The summed E-state index contributed by atoms with van der Waals surface area (Å²) in [5.41, 5.74) is 1.08. The van der Waals surface area contributed by atoms with E-state index in [1.165, 1.54) is 16.7 Å². The summed E-state index contributed by atoms with van der Waals surface area (Å²) in [7, 11) is 0. The standard InChI is InChI=1S/C13H11N3O4S2/c17-10(4-16-12(19)6-22-13(16)21)14-7-1-2-8-9(3-7)20-5-11(18)15-8/h1-3H,4-6H2,(H,14,17)(H,15,18). The highest BCUT2D eigenvalue weighted by Crippen LogP contribution is 2.30. The van der Waals surface area contributed by atoms with Crippen molar-refractivity contribution >= 4 is 57.4 Å². The van der Waals surface area contributed by atoms with Gasteiger partial charge in [-0.2, -0.15) is 0 Å². The Balaban J connectivity index is 1.66. The zero-order chi connectivity index (χ0) is 15.7. The number of nitrogens with one attached hydrogen (secondary N) is 2. The van der Waals surface area contributed by atoms with E-state index >= 15 is 0 Å². The summed E-state index contributed by atoms with van der Waals surface area (Å²) in [6.45, 7) is -0.169. The van der Waals surface area contributed by atoms with E-state index in [-0.39, 0.29) is 36.6 Å². The average Bonchev–Trinajstić information content (AvgIpc) is 2.79. The van der Waals surface area contributed by atoms with Crippen LogP contribution in [0, 0.1) is 0 Å². The van der Waals surface area contributed by atoms with Gasteiger partial charge in [-0.15, -0.1) is 0 Å². The third-order valence-electron chi connectivity index (χ3n) is 3.04. The first-order valence-electron chi connectivity index (χ1n) is 6.36. The van der Waals surface area contributed by atoms with Crippen LogP contribution in [0.4, 0.5) is 11.4 Å². The largest absolute Gasteiger partial charge is 0.482 e. The monoisotopic (exact) mass is 337 g/mol. The van der Waals surface area contributed by atoms with Gasteiger partial charge in [0.2, 0.25) is 11.8 Å². The van der Waals surface area contributed by atoms with Crippen LogP contribution in [0.25, 0.3) is 0 Å². The van der Waals surface area contributed by atoms with Gasteiger partial charge in [-0.3, -0.25) is 19.3 Å². The van der Waals surface area contributed by atoms with E-state index in [9.17, 15) is 14.4 Å². The van der Waals surface area contributed by atoms with Crippen LogP contribution in [0.2, 0.25) is 0 Å². The third kappa shape index (κ3) is 3.04. The number of hydrogen-bond acceptors (Lipinski definition) is 6. The van der Waals surface area contributed by atoms with Crippen molar-refractivity contribution in [1.82, 2.24) is 4.90 Å². The number of thioether (sulfide) groups is 1. The maximum atomic E-state index is 12.0. The molecule has 0 saturated carbocycles. The fourth-order valence-electron chi connectivity index (χ4n) is 2.03. The molecule has 1 aromatic carbocycles. The zero-order valence-corrected chi connectivity index (χ0v) is 12.9. The number of ether oxygens (including phenoxy) is 1. The van der Waals surface area contributed by atoms with Crippen LogP contribution < -0.4 is 15.4 Å². The number of amides is 3. The van der Waals surface area contributed by atoms with Gasteiger partial charge in [0.25, 0.3) is 5.91 Å². The minimum Gasteiger partial charge on any atom is -0.482 e. The molecule has 2 N–H and O–H groups in total. The molecule has 3 amide bonds. The van der Waals surface area contributed by atoms with Crippen LogP contribution in [0.1, 0.15) is 0 Å². The Morgan fingerprint density at radius 1 is 1.45 bits per heavy atom. The summed E-state index contributed by atoms with van der Waals surface area (Å²) in [5.74, 6) is 0.0292. The Labute approximate surface area is 135 Å². The summed E-state index contributed by atoms with van der Waals surface area (Å²) < 4.78 is 5.69. The molecule has 0 unspecified atom stereocenters. The minimum absolute atomic E-state index is 0.0574. The average molecular weight is 337 g/mol. The lowest BCUT2D eigenvalue weighted by Crippen LogP contribution is -2.36. The molecule has 0 atom stereocenters. The number of carbonyl (C=O) groups excluding carboxylic acids is 3. The van der Waals surface area contributed by atoms with Crippen molar-refractivity contribution in [3.05, 3.63) is 18.2 Å². The maximum Gasteiger partial charge on any atom is 0.262 e. The second-order valence-electron chi connectivity index (χ2n) is 4.63. The second-order valence-corrected chi connectivity index (χ2v) is 6.24. The zero-order valence-electron chi connectivity index (χ0n) is 11.3. The minimum atomic E-state index is -0.349. The molecule has 114 valence electrons. The highest BCUT2D eigenvalue weighted by atomic mass is 32.2. The number of nitrogens with zero attached hydrogens (tertiary/aromatic N) is 1. The highest BCUT2D eigenvalue weighted by Gasteiger charge is 2.28. The SMILES string of the molecule is O=C(CN1C(=O)CSC1=S)Nc1ccc2c(c1)OCC(=O)N2. The number of anilines is 2. The van der Waals surface area contributed by atoms with Crippen LogP contribution in [-0.4, -0.2) is 45.8 Å². The lowest BCUT2D eigenvalue weighted by molar-refractivity contribution is -0.128. The third-order valence-corrected chi connectivity index (χ3v) is 4.47. The molecule has 0 spiro atoms. The van der Waals surface area contributed by atoms with Gasteiger partial charge < -0.3 is 15.4 Å². The van der Waals surface area contributed by atoms with E-state index in [2.05, 4.69) is 10.6 Å². The van der Waals surface area contributed by atoms with Gasteiger partial charge in [-0.05, 0) is 12.1 Å². The summed E-state index contributed by atoms with van der Waals surface area (Å²) in [6, 6.07) is 4.90. The first-order chi connectivity index (χ1) is 10.5. The first-order valence-corrected chi connectivity index (χ1v) is 7.76. The summed E-state index contributed by atoms with van der Waals surface area (Å²) in [5, 5.41) is 5.34. The van der Waals surface area contributed by atoms with E-state index in [1.807, 2.05) is 0 Å². The van der Waals surface area contributed by atoms with Gasteiger partial charge >= 0.3 is 0 Å². The van der Waals surface area contributed by atoms with E-state index in [0.717, 1.165) is 0 Å². The van der Waals surface area contributed by atoms with Crippen molar-refractivity contribution in [3.63, 3.8) is 0 Å². The summed E-state index contributed by atoms with van der Waals surface area (Å²) in [4.78, 5) is 36.0. The Hall–Kier alpha value is -2.13. The molecule has 0 aromatic heterocycles. The molecule has 0 aliphatic carbocycles. The second kappa shape index (κ2) is 5.93. The van der Waals surface area contributed by atoms with Crippen LogP contribution in [0.3, 0.4) is 0 Å². The molecule has 0 bridgehead atoms. The van der Waals surface area contributed by atoms with E-state index in [0.29, 0.717) is 21.4 Å². The molecule has 9 heteroatoms. The Bertz CT molecular complexity index is 676. The van der Waals surface area contributed by atoms with Crippen molar-refractivity contribution in [1.29, 1.82) is 0 Å². The summed E-state index contributed by atoms with van der Waals surface area (Å²) >= 11 is 6.27. The van der Waals surface area contributed by atoms with Gasteiger partial charge in [0.05, 0.1) is 11.4 Å². The molecule has 1 fully saturated rings. The van der Waals surface area contributed by atoms with Gasteiger partial charge in [-0.25, -0.2) is 0 Å². The van der Waals surface area contributed by atoms with Crippen molar-refractivity contribution < 1.29 is 19.1 Å². The van der Waals surface area contributed by atoms with Crippen molar-refractivity contribution in [2.45, 2.75) is 0 Å². The molecule has 2 aliphatic heterocycles. The molecule has 3 rings (SSSR count). The maximum absolute atomic E-state index is 12.0. The topological polar surface area (TPSA) is 87.7 Å². The van der Waals surface area contributed by atoms with Crippen molar-refractivity contribution in [3.8, 4) is 5.75 Å². The fourth-order valence-corrected chi connectivity index (χ4v) is 3.10. The van der Waals surface area contributed by atoms with Gasteiger partial charge in [0, 0.05) is 11.8 Å². The molecule has 7 nitrogen and oxygen atoms in total. The summed E-state index contributed by atoms with van der Waals surface area (Å²) in [6.07, 6.45) is 0. The smallest absolute Gasteiger partial charge is 0.262 e. The lowest BCUT2D eigenvalue weighted by atomic mass is 10.2. The predicted octanol–water partition coefficient (Wildman–Crippen LogP) is 0.816. The Kier molecular flexibility index (Phi) is 3.99. The van der Waals surface area contributed by atoms with Gasteiger partial charge in [0.15, 0.2) is 6.61 Å². The van der Waals surface area contributed by atoms with Crippen LogP contribution >= 0.6 is 24.0 Å². The van der Waals surface area contributed by atoms with E-state index in [4.69, 9.17) is 17.0 Å². The molecule has 0 radical (unpaired) electrons.